The second-order valence-corrected chi connectivity index (χ2v) is 11.9. The first-order valence-electron chi connectivity index (χ1n) is 12.6. The van der Waals surface area contributed by atoms with Crippen molar-refractivity contribution in [3.8, 4) is 22.6 Å². The van der Waals surface area contributed by atoms with Crippen molar-refractivity contribution >= 4 is 52.4 Å². The lowest BCUT2D eigenvalue weighted by atomic mass is 10.0. The molecule has 0 atom stereocenters. The molecule has 0 aliphatic rings. The predicted molar refractivity (Wildman–Crippen MR) is 156 cm³/mol. The smallest absolute Gasteiger partial charge is 0.456 e. The van der Waals surface area contributed by atoms with Gasteiger partial charge in [-0.3, -0.25) is 4.79 Å². The lowest BCUT2D eigenvalue weighted by Crippen LogP contribution is -2.34. The van der Waals surface area contributed by atoms with Gasteiger partial charge in [0.05, 0.1) is 17.1 Å². The molecule has 9 nitrogen and oxygen atoms in total. The predicted octanol–water partition coefficient (Wildman–Crippen LogP) is 7.62. The molecule has 4 aromatic rings. The first-order chi connectivity index (χ1) is 19.2. The number of esters is 1. The Hall–Kier alpha value is -3.53. The van der Waals surface area contributed by atoms with Crippen molar-refractivity contribution < 1.29 is 27.7 Å². The Labute approximate surface area is 250 Å². The van der Waals surface area contributed by atoms with Crippen molar-refractivity contribution in [1.82, 2.24) is 5.16 Å². The number of ether oxygens (including phenoxy) is 1. The molecule has 0 radical (unpaired) electrons. The van der Waals surface area contributed by atoms with Crippen LogP contribution in [0.3, 0.4) is 0 Å². The van der Waals surface area contributed by atoms with Gasteiger partial charge in [0.25, 0.3) is 5.91 Å². The molecule has 0 spiro atoms. The Morgan fingerprint density at radius 1 is 1.05 bits per heavy atom. The van der Waals surface area contributed by atoms with Crippen molar-refractivity contribution in [3.63, 3.8) is 0 Å². The SMILES string of the molecule is CC(C)c1oc(=O)oc1CN(C(=O)C(Cl)Cl)c1cccc(-c2cc(-c3c(Cl)cccc3C(=O)OC(C)(C)C)no2)c1. The molecular formula is C29H27Cl3N2O7. The second-order valence-electron chi connectivity index (χ2n) is 10.4. The van der Waals surface area contributed by atoms with Crippen LogP contribution in [0.4, 0.5) is 5.69 Å². The Morgan fingerprint density at radius 3 is 2.41 bits per heavy atom. The second kappa shape index (κ2) is 12.1. The first-order valence-corrected chi connectivity index (χ1v) is 13.8. The third-order valence-corrected chi connectivity index (χ3v) is 6.48. The van der Waals surface area contributed by atoms with E-state index in [9.17, 15) is 14.4 Å². The summed E-state index contributed by atoms with van der Waals surface area (Å²) in [6, 6.07) is 13.3. The highest BCUT2D eigenvalue weighted by Crippen LogP contribution is 2.35. The van der Waals surface area contributed by atoms with E-state index < -0.39 is 28.1 Å². The number of carbonyl (C=O) groups is 2. The fourth-order valence-electron chi connectivity index (χ4n) is 4.07. The number of hydrogen-bond acceptors (Lipinski definition) is 8. The zero-order valence-electron chi connectivity index (χ0n) is 22.9. The fourth-order valence-corrected chi connectivity index (χ4v) is 4.58. The summed E-state index contributed by atoms with van der Waals surface area (Å²) in [4.78, 5) is 37.6. The number of anilines is 1. The van der Waals surface area contributed by atoms with Crippen molar-refractivity contribution in [2.24, 2.45) is 0 Å². The quantitative estimate of drug-likeness (QED) is 0.146. The number of nitrogens with zero attached hydrogens (tertiary/aromatic N) is 2. The van der Waals surface area contributed by atoms with Crippen LogP contribution in [0.5, 0.6) is 0 Å². The molecule has 41 heavy (non-hydrogen) atoms. The third kappa shape index (κ3) is 7.04. The molecule has 4 rings (SSSR count). The van der Waals surface area contributed by atoms with Gasteiger partial charge in [-0.25, -0.2) is 9.59 Å². The zero-order chi connectivity index (χ0) is 30.1. The van der Waals surface area contributed by atoms with Gasteiger partial charge in [0.15, 0.2) is 22.1 Å². The molecule has 1 amide bonds. The minimum atomic E-state index is -1.39. The van der Waals surface area contributed by atoms with E-state index in [2.05, 4.69) is 5.16 Å². The zero-order valence-corrected chi connectivity index (χ0v) is 25.1. The van der Waals surface area contributed by atoms with Crippen LogP contribution < -0.4 is 10.7 Å². The van der Waals surface area contributed by atoms with E-state index in [1.807, 2.05) is 13.8 Å². The molecule has 2 aromatic heterocycles. The summed E-state index contributed by atoms with van der Waals surface area (Å²) in [6.07, 6.45) is 0. The maximum atomic E-state index is 13.0. The maximum Gasteiger partial charge on any atom is 0.519 e. The Balaban J connectivity index is 1.72. The molecule has 0 saturated carbocycles. The summed E-state index contributed by atoms with van der Waals surface area (Å²) in [7, 11) is 0. The molecule has 0 bridgehead atoms. The summed E-state index contributed by atoms with van der Waals surface area (Å²) in [6.45, 7) is 8.80. The first kappa shape index (κ1) is 30.4. The summed E-state index contributed by atoms with van der Waals surface area (Å²) in [5.41, 5.74) is 1.12. The minimum absolute atomic E-state index is 0.155. The highest BCUT2D eigenvalue weighted by Gasteiger charge is 2.28. The minimum Gasteiger partial charge on any atom is -0.456 e. The number of aromatic nitrogens is 1. The van der Waals surface area contributed by atoms with E-state index >= 15 is 0 Å². The lowest BCUT2D eigenvalue weighted by Gasteiger charge is -2.23. The number of rotatable bonds is 8. The van der Waals surface area contributed by atoms with E-state index in [1.54, 1.807) is 69.3 Å². The number of hydrogen-bond donors (Lipinski definition) is 0. The summed E-state index contributed by atoms with van der Waals surface area (Å²) >= 11 is 18.4. The van der Waals surface area contributed by atoms with E-state index in [0.717, 1.165) is 0 Å². The van der Waals surface area contributed by atoms with Crippen molar-refractivity contribution in [2.75, 3.05) is 4.90 Å². The van der Waals surface area contributed by atoms with Gasteiger partial charge in [-0.15, -0.1) is 0 Å². The van der Waals surface area contributed by atoms with Gasteiger partial charge >= 0.3 is 11.8 Å². The molecule has 0 N–H and O–H groups in total. The molecule has 0 saturated heterocycles. The highest BCUT2D eigenvalue weighted by molar-refractivity contribution is 6.54. The maximum absolute atomic E-state index is 13.0. The molecular weight excluding hydrogens is 595 g/mol. The standard InChI is InChI=1S/C29H27Cl3N2O7/c1-15(2)24-22(38-28(37)39-24)14-34(26(35)25(31)32)17-9-6-8-16(12-17)21-13-20(33-41-21)23-18(10-7-11-19(23)30)27(36)40-29(3,4)5/h6-13,15,25H,14H2,1-5H3. The summed E-state index contributed by atoms with van der Waals surface area (Å²) in [5, 5.41) is 4.44. The van der Waals surface area contributed by atoms with E-state index in [0.29, 0.717) is 34.0 Å². The van der Waals surface area contributed by atoms with E-state index in [1.165, 1.54) is 4.90 Å². The summed E-state index contributed by atoms with van der Waals surface area (Å²) in [5.74, 6) is -1.43. The fraction of sp³-hybridized carbons (Fsp3) is 0.310. The van der Waals surface area contributed by atoms with Crippen LogP contribution >= 0.6 is 34.8 Å². The van der Waals surface area contributed by atoms with Crippen LogP contribution in [0.1, 0.15) is 62.4 Å². The summed E-state index contributed by atoms with van der Waals surface area (Å²) < 4.78 is 21.5. The van der Waals surface area contributed by atoms with Gasteiger partial charge in [-0.1, -0.05) is 72.0 Å². The van der Waals surface area contributed by atoms with E-state index in [4.69, 9.17) is 52.9 Å². The average molecular weight is 622 g/mol. The van der Waals surface area contributed by atoms with Crippen LogP contribution in [0.2, 0.25) is 5.02 Å². The number of amides is 1. The van der Waals surface area contributed by atoms with Crippen LogP contribution in [0.25, 0.3) is 22.6 Å². The number of alkyl halides is 2. The van der Waals surface area contributed by atoms with Crippen LogP contribution in [-0.2, 0) is 16.1 Å². The monoisotopic (exact) mass is 620 g/mol. The molecule has 12 heteroatoms. The van der Waals surface area contributed by atoms with Crippen LogP contribution in [-0.4, -0.2) is 27.5 Å². The molecule has 0 unspecified atom stereocenters. The molecule has 0 aliphatic heterocycles. The average Bonchev–Trinajstić information content (AvgIpc) is 3.52. The normalized spacial score (nSPS) is 11.8. The van der Waals surface area contributed by atoms with Gasteiger partial charge in [0.1, 0.15) is 11.3 Å². The number of carbonyl (C=O) groups excluding carboxylic acids is 2. The van der Waals surface area contributed by atoms with Crippen molar-refractivity contribution in [2.45, 2.75) is 57.5 Å². The Morgan fingerprint density at radius 2 is 1.76 bits per heavy atom. The van der Waals surface area contributed by atoms with E-state index in [-0.39, 0.29) is 28.8 Å². The van der Waals surface area contributed by atoms with Crippen LogP contribution in [0, 0.1) is 0 Å². The van der Waals surface area contributed by atoms with Gasteiger partial charge in [-0.05, 0) is 45.0 Å². The van der Waals surface area contributed by atoms with Crippen molar-refractivity contribution in [3.05, 3.63) is 81.3 Å². The highest BCUT2D eigenvalue weighted by atomic mass is 35.5. The van der Waals surface area contributed by atoms with Gasteiger partial charge < -0.3 is 23.0 Å². The van der Waals surface area contributed by atoms with Gasteiger partial charge in [-0.2, -0.15) is 0 Å². The topological polar surface area (TPSA) is 116 Å². The third-order valence-electron chi connectivity index (χ3n) is 5.79. The van der Waals surface area contributed by atoms with Gasteiger partial charge in [0, 0.05) is 28.8 Å². The molecule has 2 heterocycles. The largest absolute Gasteiger partial charge is 0.519 e. The molecule has 0 fully saturated rings. The lowest BCUT2D eigenvalue weighted by molar-refractivity contribution is -0.117. The van der Waals surface area contributed by atoms with Crippen LogP contribution in [0.15, 0.2) is 66.7 Å². The molecule has 216 valence electrons. The number of halogens is 3. The molecule has 0 aliphatic carbocycles. The van der Waals surface area contributed by atoms with Crippen molar-refractivity contribution in [1.29, 1.82) is 0 Å². The molecule has 2 aromatic carbocycles. The Kier molecular flexibility index (Phi) is 9.01. The Bertz CT molecular complexity index is 1630. The number of benzene rings is 2. The van der Waals surface area contributed by atoms with Gasteiger partial charge in [0.2, 0.25) is 0 Å².